The van der Waals surface area contributed by atoms with Crippen LogP contribution in [-0.4, -0.2) is 18.5 Å². The lowest BCUT2D eigenvalue weighted by Gasteiger charge is -2.16. The third-order valence-electron chi connectivity index (χ3n) is 2.08. The minimum Gasteiger partial charge on any atom is -0.466 e. The van der Waals surface area contributed by atoms with Gasteiger partial charge < -0.3 is 4.74 Å². The maximum atomic E-state index is 12.9. The number of esters is 1. The van der Waals surface area contributed by atoms with Crippen LogP contribution < -0.4 is 0 Å². The molecule has 0 aliphatic heterocycles. The van der Waals surface area contributed by atoms with Gasteiger partial charge in [-0.25, -0.2) is 8.78 Å². The number of carbonyl (C=O) groups is 1. The van der Waals surface area contributed by atoms with Gasteiger partial charge in [0.1, 0.15) is 5.92 Å². The highest BCUT2D eigenvalue weighted by Gasteiger charge is 2.48. The first-order valence-corrected chi connectivity index (χ1v) is 4.12. The Hall–Kier alpha value is -0.670. The van der Waals surface area contributed by atoms with Crippen molar-refractivity contribution in [3.05, 3.63) is 0 Å². The Morgan fingerprint density at radius 1 is 1.67 bits per heavy atom. The largest absolute Gasteiger partial charge is 0.466 e. The van der Waals surface area contributed by atoms with Crippen molar-refractivity contribution >= 4 is 5.97 Å². The molecule has 1 saturated carbocycles. The van der Waals surface area contributed by atoms with Crippen molar-refractivity contribution in [3.63, 3.8) is 0 Å². The average Bonchev–Trinajstić information content (AvgIpc) is 2.30. The fraction of sp³-hybridized carbons (Fsp3) is 0.875. The molecule has 0 aromatic heterocycles. The van der Waals surface area contributed by atoms with E-state index in [2.05, 4.69) is 4.74 Å². The SMILES string of the molecule is CCOC(=O)[C@H]1CCCC1(F)F. The molecule has 4 heteroatoms. The molecule has 0 spiro atoms. The van der Waals surface area contributed by atoms with E-state index in [1.165, 1.54) is 0 Å². The van der Waals surface area contributed by atoms with Crippen molar-refractivity contribution in [3.8, 4) is 0 Å². The van der Waals surface area contributed by atoms with Crippen molar-refractivity contribution in [2.24, 2.45) is 5.92 Å². The summed E-state index contributed by atoms with van der Waals surface area (Å²) in [5.41, 5.74) is 0. The quantitative estimate of drug-likeness (QED) is 0.604. The highest BCUT2D eigenvalue weighted by atomic mass is 19.3. The maximum Gasteiger partial charge on any atom is 0.315 e. The van der Waals surface area contributed by atoms with Gasteiger partial charge in [-0.15, -0.1) is 0 Å². The molecule has 0 radical (unpaired) electrons. The fourth-order valence-electron chi connectivity index (χ4n) is 1.46. The third-order valence-corrected chi connectivity index (χ3v) is 2.08. The van der Waals surface area contributed by atoms with Gasteiger partial charge in [-0.1, -0.05) is 0 Å². The summed E-state index contributed by atoms with van der Waals surface area (Å²) in [7, 11) is 0. The molecular formula is C8H12F2O2. The third kappa shape index (κ3) is 1.73. The van der Waals surface area contributed by atoms with Crippen molar-refractivity contribution in [2.45, 2.75) is 32.1 Å². The zero-order chi connectivity index (χ0) is 9.19. The van der Waals surface area contributed by atoms with Crippen molar-refractivity contribution in [2.75, 3.05) is 6.61 Å². The fourth-order valence-corrected chi connectivity index (χ4v) is 1.46. The molecule has 1 atom stereocenters. The van der Waals surface area contributed by atoms with E-state index in [9.17, 15) is 13.6 Å². The van der Waals surface area contributed by atoms with Crippen LogP contribution in [0.5, 0.6) is 0 Å². The predicted molar refractivity (Wildman–Crippen MR) is 38.9 cm³/mol. The normalized spacial score (nSPS) is 27.1. The molecule has 1 aliphatic carbocycles. The van der Waals surface area contributed by atoms with Crippen molar-refractivity contribution in [1.29, 1.82) is 0 Å². The molecular weight excluding hydrogens is 166 g/mol. The highest BCUT2D eigenvalue weighted by Crippen LogP contribution is 2.40. The van der Waals surface area contributed by atoms with Crippen LogP contribution in [0, 0.1) is 5.92 Å². The Kier molecular flexibility index (Phi) is 2.65. The lowest BCUT2D eigenvalue weighted by atomic mass is 10.1. The Balaban J connectivity index is 2.56. The van der Waals surface area contributed by atoms with E-state index >= 15 is 0 Å². The van der Waals surface area contributed by atoms with Crippen LogP contribution in [0.4, 0.5) is 8.78 Å². The number of alkyl halides is 2. The number of carbonyl (C=O) groups excluding carboxylic acids is 1. The zero-order valence-electron chi connectivity index (χ0n) is 6.98. The molecule has 0 aromatic carbocycles. The second kappa shape index (κ2) is 3.37. The van der Waals surface area contributed by atoms with Gasteiger partial charge in [0, 0.05) is 6.42 Å². The van der Waals surface area contributed by atoms with Gasteiger partial charge >= 0.3 is 5.97 Å². The Labute approximate surface area is 69.9 Å². The molecule has 0 heterocycles. The molecule has 1 aliphatic rings. The number of ether oxygens (including phenoxy) is 1. The molecule has 70 valence electrons. The molecule has 0 saturated heterocycles. The lowest BCUT2D eigenvalue weighted by Crippen LogP contribution is -2.30. The topological polar surface area (TPSA) is 26.3 Å². The molecule has 12 heavy (non-hydrogen) atoms. The summed E-state index contributed by atoms with van der Waals surface area (Å²) in [5.74, 6) is -4.79. The van der Waals surface area contributed by atoms with Crippen molar-refractivity contribution < 1.29 is 18.3 Å². The second-order valence-corrected chi connectivity index (χ2v) is 2.96. The zero-order valence-corrected chi connectivity index (χ0v) is 6.98. The van der Waals surface area contributed by atoms with E-state index < -0.39 is 17.8 Å². The minimum atomic E-state index is -2.84. The summed E-state index contributed by atoms with van der Waals surface area (Å²) in [6.07, 6.45) is 0.485. The molecule has 0 amide bonds. The standard InChI is InChI=1S/C8H12F2O2/c1-2-12-7(11)6-4-3-5-8(6,9)10/h6H,2-5H2,1H3/t6-/m1/s1. The van der Waals surface area contributed by atoms with E-state index in [0.717, 1.165) is 0 Å². The van der Waals surface area contributed by atoms with Crippen LogP contribution in [0.15, 0.2) is 0 Å². The van der Waals surface area contributed by atoms with Gasteiger partial charge in [0.05, 0.1) is 6.61 Å². The van der Waals surface area contributed by atoms with E-state index in [1.807, 2.05) is 0 Å². The molecule has 0 bridgehead atoms. The van der Waals surface area contributed by atoms with E-state index in [0.29, 0.717) is 6.42 Å². The first-order chi connectivity index (χ1) is 5.58. The summed E-state index contributed by atoms with van der Waals surface area (Å²) in [6, 6.07) is 0. The first kappa shape index (κ1) is 9.42. The van der Waals surface area contributed by atoms with Crippen molar-refractivity contribution in [1.82, 2.24) is 0 Å². The number of hydrogen-bond donors (Lipinski definition) is 0. The summed E-state index contributed by atoms with van der Waals surface area (Å²) in [4.78, 5) is 11.0. The maximum absolute atomic E-state index is 12.9. The van der Waals surface area contributed by atoms with Gasteiger partial charge in [-0.05, 0) is 19.8 Å². The lowest BCUT2D eigenvalue weighted by molar-refractivity contribution is -0.159. The van der Waals surface area contributed by atoms with E-state index in [1.54, 1.807) is 6.92 Å². The van der Waals surface area contributed by atoms with Crippen LogP contribution in [0.3, 0.4) is 0 Å². The van der Waals surface area contributed by atoms with Crippen LogP contribution in [0.25, 0.3) is 0 Å². The monoisotopic (exact) mass is 178 g/mol. The van der Waals surface area contributed by atoms with Crippen LogP contribution in [0.2, 0.25) is 0 Å². The van der Waals surface area contributed by atoms with Gasteiger partial charge in [0.25, 0.3) is 5.92 Å². The average molecular weight is 178 g/mol. The summed E-state index contributed by atoms with van der Waals surface area (Å²) in [5, 5.41) is 0. The smallest absolute Gasteiger partial charge is 0.315 e. The highest BCUT2D eigenvalue weighted by molar-refractivity contribution is 5.74. The summed E-state index contributed by atoms with van der Waals surface area (Å²) < 4.78 is 30.3. The summed E-state index contributed by atoms with van der Waals surface area (Å²) >= 11 is 0. The Morgan fingerprint density at radius 3 is 2.75 bits per heavy atom. The van der Waals surface area contributed by atoms with E-state index in [-0.39, 0.29) is 19.4 Å². The Bertz CT molecular complexity index is 180. The molecule has 0 aromatic rings. The van der Waals surface area contributed by atoms with Gasteiger partial charge in [-0.2, -0.15) is 0 Å². The van der Waals surface area contributed by atoms with Gasteiger partial charge in [0.2, 0.25) is 0 Å². The molecule has 1 rings (SSSR count). The van der Waals surface area contributed by atoms with Crippen LogP contribution >= 0.6 is 0 Å². The number of halogens is 2. The minimum absolute atomic E-state index is 0.172. The molecule has 1 fully saturated rings. The molecule has 2 nitrogen and oxygen atoms in total. The number of rotatable bonds is 2. The van der Waals surface area contributed by atoms with Crippen LogP contribution in [0.1, 0.15) is 26.2 Å². The van der Waals surface area contributed by atoms with Crippen LogP contribution in [-0.2, 0) is 9.53 Å². The summed E-state index contributed by atoms with van der Waals surface area (Å²) in [6.45, 7) is 1.79. The first-order valence-electron chi connectivity index (χ1n) is 4.12. The van der Waals surface area contributed by atoms with E-state index in [4.69, 9.17) is 0 Å². The van der Waals surface area contributed by atoms with Gasteiger partial charge in [-0.3, -0.25) is 4.79 Å². The Morgan fingerprint density at radius 2 is 2.33 bits per heavy atom. The molecule has 0 N–H and O–H groups in total. The van der Waals surface area contributed by atoms with Gasteiger partial charge in [0.15, 0.2) is 0 Å². The predicted octanol–water partition coefficient (Wildman–Crippen LogP) is 1.98. The number of hydrogen-bond acceptors (Lipinski definition) is 2. The second-order valence-electron chi connectivity index (χ2n) is 2.96. The molecule has 0 unspecified atom stereocenters.